The minimum Gasteiger partial charge on any atom is -0.473 e. The van der Waals surface area contributed by atoms with Crippen LogP contribution in [-0.2, 0) is 4.79 Å². The standard InChI is InChI=1S/C14H11F3N2O2/c15-14(16,17)13(21-10-4-2-1-3-5-10)7-6-12(19-9-20)11(18)8-13/h1-7H,8,18H2. The molecule has 0 aliphatic heterocycles. The molecule has 1 aliphatic rings. The normalized spacial score (nSPS) is 21.9. The molecule has 0 radical (unpaired) electrons. The van der Waals surface area contributed by atoms with Gasteiger partial charge in [0.2, 0.25) is 11.7 Å². The van der Waals surface area contributed by atoms with Crippen LogP contribution in [-0.4, -0.2) is 17.9 Å². The van der Waals surface area contributed by atoms with E-state index in [0.29, 0.717) is 0 Å². The maximum Gasteiger partial charge on any atom is 0.432 e. The number of nitrogens with two attached hydrogens (primary N) is 1. The molecule has 1 aromatic carbocycles. The Morgan fingerprint density at radius 3 is 2.48 bits per heavy atom. The van der Waals surface area contributed by atoms with Crippen molar-refractivity contribution in [3.05, 3.63) is 53.9 Å². The number of para-hydroxylation sites is 1. The van der Waals surface area contributed by atoms with Gasteiger partial charge < -0.3 is 10.5 Å². The van der Waals surface area contributed by atoms with Gasteiger partial charge in [0.1, 0.15) is 5.75 Å². The maximum absolute atomic E-state index is 13.4. The summed E-state index contributed by atoms with van der Waals surface area (Å²) in [6, 6.07) is 7.62. The highest BCUT2D eigenvalue weighted by molar-refractivity contribution is 5.44. The predicted molar refractivity (Wildman–Crippen MR) is 68.9 cm³/mol. The SMILES string of the molecule is NC1=C(N=C=O)C=CC(Oc2ccccc2)(C(F)(F)F)C1. The number of nitrogens with zero attached hydrogens (tertiary/aromatic N) is 1. The van der Waals surface area contributed by atoms with Crippen LogP contribution < -0.4 is 10.5 Å². The van der Waals surface area contributed by atoms with Gasteiger partial charge in [-0.1, -0.05) is 18.2 Å². The Morgan fingerprint density at radius 2 is 1.95 bits per heavy atom. The van der Waals surface area contributed by atoms with E-state index in [0.717, 1.165) is 12.2 Å². The predicted octanol–water partition coefficient (Wildman–Crippen LogP) is 2.83. The summed E-state index contributed by atoms with van der Waals surface area (Å²) >= 11 is 0. The quantitative estimate of drug-likeness (QED) is 0.689. The number of benzene rings is 1. The molecular weight excluding hydrogens is 285 g/mol. The summed E-state index contributed by atoms with van der Waals surface area (Å²) in [5, 5.41) is 0. The minimum absolute atomic E-state index is 0.0402. The Hall–Kier alpha value is -2.53. The number of alkyl halides is 3. The Balaban J connectivity index is 2.39. The first-order chi connectivity index (χ1) is 9.88. The van der Waals surface area contributed by atoms with Gasteiger partial charge in [0, 0.05) is 12.1 Å². The zero-order valence-corrected chi connectivity index (χ0v) is 10.7. The largest absolute Gasteiger partial charge is 0.473 e. The number of hydrogen-bond donors (Lipinski definition) is 1. The van der Waals surface area contributed by atoms with Gasteiger partial charge >= 0.3 is 6.18 Å². The molecule has 2 N–H and O–H groups in total. The van der Waals surface area contributed by atoms with Gasteiger partial charge in [-0.3, -0.25) is 0 Å². The number of ether oxygens (including phenoxy) is 1. The second-order valence-corrected chi connectivity index (χ2v) is 4.43. The summed E-state index contributed by atoms with van der Waals surface area (Å²) in [5.41, 5.74) is 2.76. The van der Waals surface area contributed by atoms with Crippen molar-refractivity contribution in [2.45, 2.75) is 18.2 Å². The number of allylic oxidation sites excluding steroid dienone is 1. The molecule has 21 heavy (non-hydrogen) atoms. The molecule has 0 amide bonds. The smallest absolute Gasteiger partial charge is 0.432 e. The van der Waals surface area contributed by atoms with E-state index in [9.17, 15) is 18.0 Å². The molecule has 1 unspecified atom stereocenters. The Bertz CT molecular complexity index is 631. The Morgan fingerprint density at radius 1 is 1.29 bits per heavy atom. The van der Waals surface area contributed by atoms with Crippen LogP contribution in [0, 0.1) is 0 Å². The van der Waals surface area contributed by atoms with Crippen LogP contribution in [0.25, 0.3) is 0 Å². The van der Waals surface area contributed by atoms with Crippen molar-refractivity contribution >= 4 is 6.08 Å². The second-order valence-electron chi connectivity index (χ2n) is 4.43. The van der Waals surface area contributed by atoms with Gasteiger partial charge in [-0.15, -0.1) is 0 Å². The van der Waals surface area contributed by atoms with E-state index in [2.05, 4.69) is 4.99 Å². The van der Waals surface area contributed by atoms with Crippen LogP contribution in [0.4, 0.5) is 13.2 Å². The zero-order valence-electron chi connectivity index (χ0n) is 10.7. The number of carbonyl (C=O) groups excluding carboxylic acids is 1. The van der Waals surface area contributed by atoms with Crippen LogP contribution in [0.15, 0.2) is 58.9 Å². The lowest BCUT2D eigenvalue weighted by molar-refractivity contribution is -0.229. The number of isocyanates is 1. The third-order valence-corrected chi connectivity index (χ3v) is 2.98. The summed E-state index contributed by atoms with van der Waals surface area (Å²) in [5.74, 6) is 0.0645. The van der Waals surface area contributed by atoms with Gasteiger partial charge in [0.25, 0.3) is 0 Å². The first-order valence-corrected chi connectivity index (χ1v) is 5.94. The van der Waals surface area contributed by atoms with E-state index in [4.69, 9.17) is 10.5 Å². The molecule has 0 heterocycles. The summed E-state index contributed by atoms with van der Waals surface area (Å²) in [6.45, 7) is 0. The number of hydrogen-bond acceptors (Lipinski definition) is 4. The summed E-state index contributed by atoms with van der Waals surface area (Å²) in [4.78, 5) is 13.5. The van der Waals surface area contributed by atoms with E-state index in [1.807, 2.05) is 0 Å². The van der Waals surface area contributed by atoms with Crippen molar-refractivity contribution in [3.8, 4) is 5.75 Å². The van der Waals surface area contributed by atoms with Crippen molar-refractivity contribution in [2.24, 2.45) is 10.7 Å². The fourth-order valence-electron chi connectivity index (χ4n) is 1.93. The molecular formula is C14H11F3N2O2. The fourth-order valence-corrected chi connectivity index (χ4v) is 1.93. The lowest BCUT2D eigenvalue weighted by Gasteiger charge is -2.35. The van der Waals surface area contributed by atoms with Gasteiger partial charge in [0.05, 0.1) is 5.70 Å². The molecule has 4 nitrogen and oxygen atoms in total. The fraction of sp³-hybridized carbons (Fsp3) is 0.214. The molecule has 7 heteroatoms. The van der Waals surface area contributed by atoms with Gasteiger partial charge in [-0.2, -0.15) is 18.2 Å². The molecule has 0 aromatic heterocycles. The maximum atomic E-state index is 13.4. The van der Waals surface area contributed by atoms with E-state index < -0.39 is 18.2 Å². The molecule has 1 aromatic rings. The zero-order chi connectivity index (χ0) is 15.5. The third kappa shape index (κ3) is 2.98. The van der Waals surface area contributed by atoms with Crippen molar-refractivity contribution in [2.75, 3.05) is 0 Å². The van der Waals surface area contributed by atoms with Crippen molar-refractivity contribution in [1.29, 1.82) is 0 Å². The van der Waals surface area contributed by atoms with E-state index in [1.165, 1.54) is 18.2 Å². The van der Waals surface area contributed by atoms with Crippen LogP contribution in [0.2, 0.25) is 0 Å². The molecule has 2 rings (SSSR count). The van der Waals surface area contributed by atoms with Gasteiger partial charge in [0.15, 0.2) is 0 Å². The van der Waals surface area contributed by atoms with Gasteiger partial charge in [-0.25, -0.2) is 4.79 Å². The molecule has 0 saturated heterocycles. The molecule has 110 valence electrons. The lowest BCUT2D eigenvalue weighted by Crippen LogP contribution is -2.50. The van der Waals surface area contributed by atoms with Crippen molar-refractivity contribution < 1.29 is 22.7 Å². The molecule has 0 bridgehead atoms. The monoisotopic (exact) mass is 296 g/mol. The summed E-state index contributed by atoms with van der Waals surface area (Å²) in [6.07, 6.45) is -2.26. The van der Waals surface area contributed by atoms with Gasteiger partial charge in [-0.05, 0) is 24.3 Å². The molecule has 0 spiro atoms. The minimum atomic E-state index is -4.68. The van der Waals surface area contributed by atoms with Crippen LogP contribution in [0.3, 0.4) is 0 Å². The highest BCUT2D eigenvalue weighted by atomic mass is 19.4. The van der Waals surface area contributed by atoms with E-state index in [1.54, 1.807) is 18.2 Å². The number of halogens is 3. The average molecular weight is 296 g/mol. The topological polar surface area (TPSA) is 64.7 Å². The average Bonchev–Trinajstić information content (AvgIpc) is 2.42. The third-order valence-electron chi connectivity index (χ3n) is 2.98. The Labute approximate surface area is 118 Å². The summed E-state index contributed by atoms with van der Waals surface area (Å²) < 4.78 is 45.4. The number of aliphatic imine (C=N–C) groups is 1. The van der Waals surface area contributed by atoms with Crippen LogP contribution in [0.1, 0.15) is 6.42 Å². The highest BCUT2D eigenvalue weighted by Crippen LogP contribution is 2.42. The van der Waals surface area contributed by atoms with Crippen LogP contribution in [0.5, 0.6) is 5.75 Å². The molecule has 0 saturated carbocycles. The molecule has 1 aliphatic carbocycles. The van der Waals surface area contributed by atoms with E-state index >= 15 is 0 Å². The first kappa shape index (κ1) is 14.9. The highest BCUT2D eigenvalue weighted by Gasteiger charge is 2.57. The van der Waals surface area contributed by atoms with E-state index in [-0.39, 0.29) is 17.1 Å². The van der Waals surface area contributed by atoms with Crippen molar-refractivity contribution in [3.63, 3.8) is 0 Å². The van der Waals surface area contributed by atoms with Crippen molar-refractivity contribution in [1.82, 2.24) is 0 Å². The Kier molecular flexibility index (Phi) is 3.86. The lowest BCUT2D eigenvalue weighted by atomic mass is 9.90. The molecule has 1 atom stereocenters. The summed E-state index contributed by atoms with van der Waals surface area (Å²) in [7, 11) is 0. The molecule has 0 fully saturated rings. The second kappa shape index (κ2) is 5.46. The van der Waals surface area contributed by atoms with Crippen LogP contribution >= 0.6 is 0 Å². The number of rotatable bonds is 3. The first-order valence-electron chi connectivity index (χ1n) is 5.94.